The fourth-order valence-electron chi connectivity index (χ4n) is 2.78. The van der Waals surface area contributed by atoms with Crippen LogP contribution in [0.4, 0.5) is 0 Å². The Morgan fingerprint density at radius 1 is 1.47 bits per heavy atom. The average Bonchev–Trinajstić information content (AvgIpc) is 2.91. The summed E-state index contributed by atoms with van der Waals surface area (Å²) in [7, 11) is 0. The molecule has 0 aliphatic carbocycles. The van der Waals surface area contributed by atoms with E-state index in [9.17, 15) is 0 Å². The van der Waals surface area contributed by atoms with E-state index in [1.807, 2.05) is 0 Å². The van der Waals surface area contributed by atoms with Gasteiger partial charge < -0.3 is 10.1 Å². The van der Waals surface area contributed by atoms with Gasteiger partial charge in [-0.3, -0.25) is 0 Å². The quantitative estimate of drug-likeness (QED) is 0.720. The molecule has 0 saturated carbocycles. The molecule has 1 aliphatic heterocycles. The van der Waals surface area contributed by atoms with Gasteiger partial charge in [-0.05, 0) is 78.9 Å². The van der Waals surface area contributed by atoms with Crippen molar-refractivity contribution in [3.05, 3.63) is 33.4 Å². The molecule has 0 spiro atoms. The molecule has 2 rings (SSSR count). The molecule has 2 unspecified atom stereocenters. The lowest BCUT2D eigenvalue weighted by molar-refractivity contribution is 0.101. The summed E-state index contributed by atoms with van der Waals surface area (Å²) >= 11 is 2.39. The van der Waals surface area contributed by atoms with Crippen LogP contribution in [0.5, 0.6) is 0 Å². The maximum absolute atomic E-state index is 5.70. The van der Waals surface area contributed by atoms with Crippen molar-refractivity contribution in [3.8, 4) is 0 Å². The third kappa shape index (κ3) is 5.04. The molecule has 106 valence electrons. The predicted molar refractivity (Wildman–Crippen MR) is 88.4 cm³/mol. The second kappa shape index (κ2) is 8.22. The fourth-order valence-corrected chi connectivity index (χ4v) is 3.35. The van der Waals surface area contributed by atoms with Crippen molar-refractivity contribution < 1.29 is 4.74 Å². The summed E-state index contributed by atoms with van der Waals surface area (Å²) in [5.74, 6) is 0. The zero-order valence-corrected chi connectivity index (χ0v) is 13.9. The Balaban J connectivity index is 1.84. The highest BCUT2D eigenvalue weighted by molar-refractivity contribution is 14.1. The molecule has 2 nitrogen and oxygen atoms in total. The van der Waals surface area contributed by atoms with E-state index in [0.717, 1.165) is 13.2 Å². The van der Waals surface area contributed by atoms with E-state index in [4.69, 9.17) is 4.74 Å². The highest BCUT2D eigenvalue weighted by Gasteiger charge is 2.16. The number of nitrogens with one attached hydrogen (secondary N) is 1. The summed E-state index contributed by atoms with van der Waals surface area (Å²) < 4.78 is 7.01. The SMILES string of the molecule is CCNC(CCCC1CCCO1)c1cccc(I)c1. The van der Waals surface area contributed by atoms with Crippen LogP contribution in [0.3, 0.4) is 0 Å². The lowest BCUT2D eigenvalue weighted by Gasteiger charge is -2.19. The summed E-state index contributed by atoms with van der Waals surface area (Å²) in [6, 6.07) is 9.32. The minimum atomic E-state index is 0.487. The van der Waals surface area contributed by atoms with Gasteiger partial charge in [0.25, 0.3) is 0 Å². The molecule has 0 radical (unpaired) electrons. The van der Waals surface area contributed by atoms with Crippen molar-refractivity contribution >= 4 is 22.6 Å². The molecule has 0 amide bonds. The third-order valence-electron chi connectivity index (χ3n) is 3.74. The highest BCUT2D eigenvalue weighted by atomic mass is 127. The van der Waals surface area contributed by atoms with Crippen LogP contribution in [0.25, 0.3) is 0 Å². The predicted octanol–water partition coefficient (Wildman–Crippen LogP) is 4.29. The van der Waals surface area contributed by atoms with Crippen LogP contribution in [0, 0.1) is 3.57 Å². The second-order valence-corrected chi connectivity index (χ2v) is 6.48. The number of halogens is 1. The number of ether oxygens (including phenoxy) is 1. The molecule has 3 heteroatoms. The first-order valence-electron chi connectivity index (χ1n) is 7.40. The van der Waals surface area contributed by atoms with E-state index in [0.29, 0.717) is 12.1 Å². The Labute approximate surface area is 130 Å². The van der Waals surface area contributed by atoms with Crippen molar-refractivity contribution in [1.29, 1.82) is 0 Å². The molecule has 1 heterocycles. The lowest BCUT2D eigenvalue weighted by atomic mass is 9.99. The van der Waals surface area contributed by atoms with Gasteiger partial charge >= 0.3 is 0 Å². The molecule has 1 saturated heterocycles. The van der Waals surface area contributed by atoms with Gasteiger partial charge in [0.2, 0.25) is 0 Å². The van der Waals surface area contributed by atoms with Crippen LogP contribution >= 0.6 is 22.6 Å². The maximum atomic E-state index is 5.70. The van der Waals surface area contributed by atoms with Crippen LogP contribution in [-0.4, -0.2) is 19.3 Å². The number of benzene rings is 1. The van der Waals surface area contributed by atoms with E-state index in [-0.39, 0.29) is 0 Å². The number of hydrogen-bond acceptors (Lipinski definition) is 2. The maximum Gasteiger partial charge on any atom is 0.0576 e. The van der Waals surface area contributed by atoms with Gasteiger partial charge in [-0.2, -0.15) is 0 Å². The Morgan fingerprint density at radius 2 is 2.37 bits per heavy atom. The van der Waals surface area contributed by atoms with Gasteiger partial charge in [0.05, 0.1) is 6.10 Å². The first-order chi connectivity index (χ1) is 9.29. The third-order valence-corrected chi connectivity index (χ3v) is 4.42. The second-order valence-electron chi connectivity index (χ2n) is 5.23. The van der Waals surface area contributed by atoms with Gasteiger partial charge in [0.1, 0.15) is 0 Å². The first-order valence-corrected chi connectivity index (χ1v) is 8.48. The van der Waals surface area contributed by atoms with Crippen molar-refractivity contribution in [2.24, 2.45) is 0 Å². The van der Waals surface area contributed by atoms with Crippen molar-refractivity contribution in [1.82, 2.24) is 5.32 Å². The van der Waals surface area contributed by atoms with Gasteiger partial charge in [-0.1, -0.05) is 19.1 Å². The molecule has 0 aromatic heterocycles. The first kappa shape index (κ1) is 15.3. The molecule has 1 aromatic carbocycles. The summed E-state index contributed by atoms with van der Waals surface area (Å²) in [5, 5.41) is 3.61. The summed E-state index contributed by atoms with van der Waals surface area (Å²) in [4.78, 5) is 0. The average molecular weight is 373 g/mol. The standard InChI is InChI=1S/C16H24INO/c1-2-18-16(13-6-3-7-14(17)12-13)10-4-8-15-9-5-11-19-15/h3,6-7,12,15-16,18H,2,4-5,8-11H2,1H3. The normalized spacial score (nSPS) is 20.6. The molecule has 2 atom stereocenters. The number of hydrogen-bond donors (Lipinski definition) is 1. The van der Waals surface area contributed by atoms with E-state index in [2.05, 4.69) is 59.1 Å². The summed E-state index contributed by atoms with van der Waals surface area (Å²) in [6.45, 7) is 4.18. The van der Waals surface area contributed by atoms with E-state index in [1.165, 1.54) is 41.2 Å². The van der Waals surface area contributed by atoms with Gasteiger partial charge in [-0.15, -0.1) is 0 Å². The zero-order valence-electron chi connectivity index (χ0n) is 11.7. The Bertz CT molecular complexity index is 377. The van der Waals surface area contributed by atoms with Crippen molar-refractivity contribution in [2.75, 3.05) is 13.2 Å². The molecule has 19 heavy (non-hydrogen) atoms. The summed E-state index contributed by atoms with van der Waals surface area (Å²) in [6.07, 6.45) is 6.69. The van der Waals surface area contributed by atoms with Crippen molar-refractivity contribution in [2.45, 2.75) is 51.2 Å². The van der Waals surface area contributed by atoms with Crippen LogP contribution in [0.2, 0.25) is 0 Å². The van der Waals surface area contributed by atoms with Gasteiger partial charge in [-0.25, -0.2) is 0 Å². The van der Waals surface area contributed by atoms with Crippen LogP contribution in [-0.2, 0) is 4.74 Å². The Kier molecular flexibility index (Phi) is 6.61. The molecular weight excluding hydrogens is 349 g/mol. The minimum Gasteiger partial charge on any atom is -0.378 e. The number of rotatable bonds is 7. The molecule has 1 fully saturated rings. The smallest absolute Gasteiger partial charge is 0.0576 e. The monoisotopic (exact) mass is 373 g/mol. The van der Waals surface area contributed by atoms with Gasteiger partial charge in [0, 0.05) is 16.2 Å². The Hall–Kier alpha value is -0.130. The van der Waals surface area contributed by atoms with Crippen LogP contribution in [0.1, 0.15) is 50.6 Å². The fraction of sp³-hybridized carbons (Fsp3) is 0.625. The lowest BCUT2D eigenvalue weighted by Crippen LogP contribution is -2.21. The van der Waals surface area contributed by atoms with Crippen LogP contribution in [0.15, 0.2) is 24.3 Å². The topological polar surface area (TPSA) is 21.3 Å². The molecule has 1 N–H and O–H groups in total. The largest absolute Gasteiger partial charge is 0.378 e. The molecular formula is C16H24INO. The van der Waals surface area contributed by atoms with E-state index < -0.39 is 0 Å². The van der Waals surface area contributed by atoms with E-state index in [1.54, 1.807) is 0 Å². The van der Waals surface area contributed by atoms with E-state index >= 15 is 0 Å². The van der Waals surface area contributed by atoms with Crippen molar-refractivity contribution in [3.63, 3.8) is 0 Å². The molecule has 0 bridgehead atoms. The van der Waals surface area contributed by atoms with Crippen LogP contribution < -0.4 is 5.32 Å². The highest BCUT2D eigenvalue weighted by Crippen LogP contribution is 2.24. The molecule has 1 aliphatic rings. The zero-order chi connectivity index (χ0) is 13.5. The minimum absolute atomic E-state index is 0.487. The molecule has 1 aromatic rings. The Morgan fingerprint density at radius 3 is 3.05 bits per heavy atom. The van der Waals surface area contributed by atoms with Gasteiger partial charge in [0.15, 0.2) is 0 Å². The summed E-state index contributed by atoms with van der Waals surface area (Å²) in [5.41, 5.74) is 1.42.